The van der Waals surface area contributed by atoms with Gasteiger partial charge in [0, 0.05) is 6.54 Å². The first kappa shape index (κ1) is 14.0. The monoisotopic (exact) mass is 228 g/mol. The summed E-state index contributed by atoms with van der Waals surface area (Å²) in [4.78, 5) is 11.0. The number of amides is 1. The van der Waals surface area contributed by atoms with Gasteiger partial charge in [-0.25, -0.2) is 4.79 Å². The predicted molar refractivity (Wildman–Crippen MR) is 48.3 cm³/mol. The van der Waals surface area contributed by atoms with Gasteiger partial charge in [0.1, 0.15) is 5.54 Å². The quantitative estimate of drug-likeness (QED) is 0.767. The SMILES string of the molecule is CC(C)OC(=O)NC(C)(CN)C(F)(F)F. The fourth-order valence-electron chi connectivity index (χ4n) is 0.706. The van der Waals surface area contributed by atoms with Crippen molar-refractivity contribution in [3.8, 4) is 0 Å². The number of hydrogen-bond donors (Lipinski definition) is 2. The summed E-state index contributed by atoms with van der Waals surface area (Å²) >= 11 is 0. The fourth-order valence-corrected chi connectivity index (χ4v) is 0.706. The second kappa shape index (κ2) is 4.69. The number of alkyl carbamates (subject to hydrolysis) is 1. The first-order valence-electron chi connectivity index (χ1n) is 4.38. The molecule has 0 aromatic rings. The van der Waals surface area contributed by atoms with Gasteiger partial charge in [-0.3, -0.25) is 0 Å². The third-order valence-corrected chi connectivity index (χ3v) is 1.75. The molecule has 0 saturated heterocycles. The molecule has 4 nitrogen and oxygen atoms in total. The summed E-state index contributed by atoms with van der Waals surface area (Å²) in [5.41, 5.74) is 2.52. The molecule has 90 valence electrons. The topological polar surface area (TPSA) is 64.3 Å². The largest absolute Gasteiger partial charge is 0.447 e. The van der Waals surface area contributed by atoms with Gasteiger partial charge in [0.2, 0.25) is 0 Å². The van der Waals surface area contributed by atoms with Crippen LogP contribution >= 0.6 is 0 Å². The van der Waals surface area contributed by atoms with Crippen molar-refractivity contribution in [3.05, 3.63) is 0 Å². The molecule has 0 heterocycles. The van der Waals surface area contributed by atoms with Crippen molar-refractivity contribution in [2.75, 3.05) is 6.54 Å². The highest BCUT2D eigenvalue weighted by atomic mass is 19.4. The lowest BCUT2D eigenvalue weighted by Crippen LogP contribution is -2.61. The Bertz CT molecular complexity index is 230. The smallest absolute Gasteiger partial charge is 0.412 e. The van der Waals surface area contributed by atoms with E-state index >= 15 is 0 Å². The number of nitrogens with two attached hydrogens (primary N) is 1. The minimum Gasteiger partial charge on any atom is -0.447 e. The molecule has 3 N–H and O–H groups in total. The molecule has 15 heavy (non-hydrogen) atoms. The number of carbonyl (C=O) groups is 1. The van der Waals surface area contributed by atoms with E-state index in [4.69, 9.17) is 5.73 Å². The summed E-state index contributed by atoms with van der Waals surface area (Å²) in [5.74, 6) is 0. The molecule has 0 fully saturated rings. The summed E-state index contributed by atoms with van der Waals surface area (Å²) < 4.78 is 41.9. The Morgan fingerprint density at radius 3 is 2.20 bits per heavy atom. The van der Waals surface area contributed by atoms with Crippen molar-refractivity contribution in [2.45, 2.75) is 38.6 Å². The van der Waals surface area contributed by atoms with Crippen molar-refractivity contribution in [1.29, 1.82) is 0 Å². The molecule has 0 bridgehead atoms. The number of hydrogen-bond acceptors (Lipinski definition) is 3. The molecule has 1 atom stereocenters. The third-order valence-electron chi connectivity index (χ3n) is 1.75. The van der Waals surface area contributed by atoms with Gasteiger partial charge in [0.15, 0.2) is 0 Å². The zero-order valence-electron chi connectivity index (χ0n) is 8.81. The Hall–Kier alpha value is -0.980. The minimum atomic E-state index is -4.61. The normalized spacial score (nSPS) is 16.0. The molecular weight excluding hydrogens is 213 g/mol. The van der Waals surface area contributed by atoms with Crippen LogP contribution in [0.25, 0.3) is 0 Å². The molecule has 0 aromatic carbocycles. The van der Waals surface area contributed by atoms with Crippen LogP contribution in [0.4, 0.5) is 18.0 Å². The molecule has 0 aromatic heterocycles. The standard InChI is InChI=1S/C8H15F3N2O2/c1-5(2)15-6(14)13-7(3,4-12)8(9,10)11/h5H,4,12H2,1-3H3,(H,13,14). The Kier molecular flexibility index (Phi) is 4.39. The van der Waals surface area contributed by atoms with E-state index in [0.717, 1.165) is 6.92 Å². The van der Waals surface area contributed by atoms with E-state index in [1.54, 1.807) is 5.32 Å². The van der Waals surface area contributed by atoms with Gasteiger partial charge in [-0.15, -0.1) is 0 Å². The van der Waals surface area contributed by atoms with E-state index in [0.29, 0.717) is 0 Å². The van der Waals surface area contributed by atoms with E-state index in [-0.39, 0.29) is 0 Å². The van der Waals surface area contributed by atoms with Crippen molar-refractivity contribution in [2.24, 2.45) is 5.73 Å². The first-order chi connectivity index (χ1) is 6.62. The number of ether oxygens (including phenoxy) is 1. The van der Waals surface area contributed by atoms with E-state index in [9.17, 15) is 18.0 Å². The maximum Gasteiger partial charge on any atom is 0.412 e. The maximum atomic E-state index is 12.5. The molecule has 1 amide bonds. The molecule has 0 spiro atoms. The lowest BCUT2D eigenvalue weighted by molar-refractivity contribution is -0.186. The second-order valence-corrected chi connectivity index (χ2v) is 3.61. The summed E-state index contributed by atoms with van der Waals surface area (Å²) in [6.45, 7) is 3.12. The van der Waals surface area contributed by atoms with Gasteiger partial charge >= 0.3 is 12.3 Å². The van der Waals surface area contributed by atoms with Crippen molar-refractivity contribution < 1.29 is 22.7 Å². The highest BCUT2D eigenvalue weighted by molar-refractivity contribution is 5.68. The number of rotatable bonds is 3. The molecule has 0 aliphatic carbocycles. The summed E-state index contributed by atoms with van der Waals surface area (Å²) in [6, 6.07) is 0. The van der Waals surface area contributed by atoms with E-state index in [1.807, 2.05) is 0 Å². The summed E-state index contributed by atoms with van der Waals surface area (Å²) in [6.07, 6.45) is -6.23. The lowest BCUT2D eigenvalue weighted by Gasteiger charge is -2.31. The number of nitrogens with one attached hydrogen (secondary N) is 1. The molecule has 0 aliphatic heterocycles. The molecule has 0 radical (unpaired) electrons. The van der Waals surface area contributed by atoms with Gasteiger partial charge in [-0.05, 0) is 20.8 Å². The van der Waals surface area contributed by atoms with Crippen molar-refractivity contribution >= 4 is 6.09 Å². The molecule has 7 heteroatoms. The van der Waals surface area contributed by atoms with Crippen LogP contribution in [-0.2, 0) is 4.74 Å². The zero-order chi connectivity index (χ0) is 12.3. The van der Waals surface area contributed by atoms with Gasteiger partial charge in [0.05, 0.1) is 6.10 Å². The van der Waals surface area contributed by atoms with Crippen LogP contribution in [0.1, 0.15) is 20.8 Å². The van der Waals surface area contributed by atoms with Crippen LogP contribution < -0.4 is 11.1 Å². The molecule has 0 saturated carbocycles. The number of halogens is 3. The molecular formula is C8H15F3N2O2. The predicted octanol–water partition coefficient (Wildman–Crippen LogP) is 1.40. The highest BCUT2D eigenvalue weighted by Gasteiger charge is 2.51. The van der Waals surface area contributed by atoms with Crippen LogP contribution in [-0.4, -0.2) is 30.5 Å². The van der Waals surface area contributed by atoms with E-state index in [2.05, 4.69) is 4.74 Å². The van der Waals surface area contributed by atoms with Gasteiger partial charge in [0.25, 0.3) is 0 Å². The second-order valence-electron chi connectivity index (χ2n) is 3.61. The van der Waals surface area contributed by atoms with Crippen LogP contribution in [0.2, 0.25) is 0 Å². The third kappa shape index (κ3) is 3.94. The van der Waals surface area contributed by atoms with Gasteiger partial charge < -0.3 is 15.8 Å². The molecule has 0 rings (SSSR count). The maximum absolute atomic E-state index is 12.5. The number of alkyl halides is 3. The number of carbonyl (C=O) groups excluding carboxylic acids is 1. The van der Waals surface area contributed by atoms with E-state index < -0.39 is 30.5 Å². The lowest BCUT2D eigenvalue weighted by atomic mass is 10.0. The Labute approximate surface area is 86.0 Å². The zero-order valence-corrected chi connectivity index (χ0v) is 8.81. The highest BCUT2D eigenvalue weighted by Crippen LogP contribution is 2.29. The van der Waals surface area contributed by atoms with Crippen LogP contribution in [0, 0.1) is 0 Å². The van der Waals surface area contributed by atoms with Crippen LogP contribution in [0.15, 0.2) is 0 Å². The first-order valence-corrected chi connectivity index (χ1v) is 4.38. The average Bonchev–Trinajstić information content (AvgIpc) is 2.00. The van der Waals surface area contributed by atoms with E-state index in [1.165, 1.54) is 13.8 Å². The average molecular weight is 228 g/mol. The molecule has 0 aliphatic rings. The van der Waals surface area contributed by atoms with Crippen LogP contribution in [0.3, 0.4) is 0 Å². The minimum absolute atomic E-state index is 0.486. The van der Waals surface area contributed by atoms with Crippen molar-refractivity contribution in [3.63, 3.8) is 0 Å². The van der Waals surface area contributed by atoms with Gasteiger partial charge in [-0.1, -0.05) is 0 Å². The van der Waals surface area contributed by atoms with Gasteiger partial charge in [-0.2, -0.15) is 13.2 Å². The summed E-state index contributed by atoms with van der Waals surface area (Å²) in [5, 5.41) is 1.70. The summed E-state index contributed by atoms with van der Waals surface area (Å²) in [7, 11) is 0. The Balaban J connectivity index is 4.52. The van der Waals surface area contributed by atoms with Crippen LogP contribution in [0.5, 0.6) is 0 Å². The fraction of sp³-hybridized carbons (Fsp3) is 0.875. The Morgan fingerprint density at radius 1 is 1.47 bits per heavy atom. The molecule has 1 unspecified atom stereocenters. The van der Waals surface area contributed by atoms with Crippen molar-refractivity contribution in [1.82, 2.24) is 5.32 Å². The Morgan fingerprint density at radius 2 is 1.93 bits per heavy atom.